The van der Waals surface area contributed by atoms with Gasteiger partial charge in [-0.05, 0) is 24.6 Å². The van der Waals surface area contributed by atoms with Crippen molar-refractivity contribution in [2.45, 2.75) is 26.2 Å². The standard InChI is InChI=1S/C16H18F3N3O3/c1-3-25-13-5-4-11(6-14(13)24-2)7-20-15(23)12-8-21-22(9-12)10-16(17,18)19/h4-6,8-9H,3,7,10H2,1-2H3,(H,20,23). The van der Waals surface area contributed by atoms with E-state index in [1.165, 1.54) is 7.11 Å². The molecule has 136 valence electrons. The number of carbonyl (C=O) groups excluding carboxylic acids is 1. The minimum Gasteiger partial charge on any atom is -0.493 e. The molecule has 1 N–H and O–H groups in total. The first kappa shape index (κ1) is 18.6. The third kappa shape index (κ3) is 5.40. The Hall–Kier alpha value is -2.71. The van der Waals surface area contributed by atoms with Crippen molar-refractivity contribution >= 4 is 5.91 Å². The van der Waals surface area contributed by atoms with E-state index in [9.17, 15) is 18.0 Å². The summed E-state index contributed by atoms with van der Waals surface area (Å²) in [6.07, 6.45) is -2.24. The summed E-state index contributed by atoms with van der Waals surface area (Å²) < 4.78 is 48.2. The Morgan fingerprint density at radius 2 is 2.08 bits per heavy atom. The molecule has 1 heterocycles. The molecule has 0 atom stereocenters. The highest BCUT2D eigenvalue weighted by molar-refractivity contribution is 5.93. The van der Waals surface area contributed by atoms with Gasteiger partial charge in [0.1, 0.15) is 6.54 Å². The van der Waals surface area contributed by atoms with E-state index in [1.54, 1.807) is 18.2 Å². The highest BCUT2D eigenvalue weighted by atomic mass is 19.4. The second-order valence-electron chi connectivity index (χ2n) is 5.14. The largest absolute Gasteiger partial charge is 0.493 e. The molecule has 2 aromatic rings. The lowest BCUT2D eigenvalue weighted by Crippen LogP contribution is -2.22. The molecule has 0 aliphatic carbocycles. The van der Waals surface area contributed by atoms with Crippen LogP contribution in [-0.4, -0.2) is 35.6 Å². The maximum Gasteiger partial charge on any atom is 0.408 e. The Kier molecular flexibility index (Phi) is 5.89. The average Bonchev–Trinajstić information content (AvgIpc) is 3.00. The van der Waals surface area contributed by atoms with Crippen LogP contribution in [0.4, 0.5) is 13.2 Å². The van der Waals surface area contributed by atoms with Crippen molar-refractivity contribution in [3.63, 3.8) is 0 Å². The number of ether oxygens (including phenoxy) is 2. The molecule has 9 heteroatoms. The molecule has 0 aliphatic rings. The van der Waals surface area contributed by atoms with Crippen molar-refractivity contribution < 1.29 is 27.4 Å². The predicted molar refractivity (Wildman–Crippen MR) is 83.6 cm³/mol. The number of hydrogen-bond donors (Lipinski definition) is 1. The van der Waals surface area contributed by atoms with Crippen LogP contribution in [-0.2, 0) is 13.1 Å². The number of hydrogen-bond acceptors (Lipinski definition) is 4. The van der Waals surface area contributed by atoms with Gasteiger partial charge in [-0.25, -0.2) is 0 Å². The van der Waals surface area contributed by atoms with Crippen molar-refractivity contribution in [3.8, 4) is 11.5 Å². The highest BCUT2D eigenvalue weighted by Gasteiger charge is 2.28. The Morgan fingerprint density at radius 1 is 1.32 bits per heavy atom. The third-order valence-electron chi connectivity index (χ3n) is 3.22. The van der Waals surface area contributed by atoms with E-state index in [2.05, 4.69) is 10.4 Å². The predicted octanol–water partition coefficient (Wildman–Crippen LogP) is 2.78. The van der Waals surface area contributed by atoms with Gasteiger partial charge in [0.05, 0.1) is 25.5 Å². The highest BCUT2D eigenvalue weighted by Crippen LogP contribution is 2.28. The minimum atomic E-state index is -4.39. The van der Waals surface area contributed by atoms with Crippen LogP contribution in [0.1, 0.15) is 22.8 Å². The van der Waals surface area contributed by atoms with E-state index in [-0.39, 0.29) is 12.1 Å². The number of nitrogens with one attached hydrogen (secondary N) is 1. The molecule has 6 nitrogen and oxygen atoms in total. The summed E-state index contributed by atoms with van der Waals surface area (Å²) in [7, 11) is 1.51. The second-order valence-corrected chi connectivity index (χ2v) is 5.14. The smallest absolute Gasteiger partial charge is 0.408 e. The number of benzene rings is 1. The fraction of sp³-hybridized carbons (Fsp3) is 0.375. The molecular weight excluding hydrogens is 339 g/mol. The first-order valence-corrected chi connectivity index (χ1v) is 7.49. The van der Waals surface area contributed by atoms with Gasteiger partial charge in [-0.15, -0.1) is 0 Å². The second kappa shape index (κ2) is 7.91. The minimum absolute atomic E-state index is 0.0575. The summed E-state index contributed by atoms with van der Waals surface area (Å²) >= 11 is 0. The van der Waals surface area contributed by atoms with E-state index in [0.29, 0.717) is 22.8 Å². The number of halogens is 3. The average molecular weight is 357 g/mol. The first-order valence-electron chi connectivity index (χ1n) is 7.49. The number of methoxy groups -OCH3 is 1. The van der Waals surface area contributed by atoms with E-state index in [4.69, 9.17) is 9.47 Å². The maximum atomic E-state index is 12.3. The molecule has 25 heavy (non-hydrogen) atoms. The fourth-order valence-corrected chi connectivity index (χ4v) is 2.13. The number of carbonyl (C=O) groups is 1. The van der Waals surface area contributed by atoms with Crippen molar-refractivity contribution in [1.29, 1.82) is 0 Å². The molecule has 0 unspecified atom stereocenters. The van der Waals surface area contributed by atoms with Crippen molar-refractivity contribution in [2.75, 3.05) is 13.7 Å². The van der Waals surface area contributed by atoms with Crippen molar-refractivity contribution in [1.82, 2.24) is 15.1 Å². The lowest BCUT2D eigenvalue weighted by molar-refractivity contribution is -0.142. The summed E-state index contributed by atoms with van der Waals surface area (Å²) in [6, 6.07) is 5.21. The Balaban J connectivity index is 1.98. The lowest BCUT2D eigenvalue weighted by Gasteiger charge is -2.11. The molecule has 0 bridgehead atoms. The number of alkyl halides is 3. The molecule has 2 rings (SSSR count). The normalized spacial score (nSPS) is 11.2. The van der Waals surface area contributed by atoms with Crippen LogP contribution < -0.4 is 14.8 Å². The summed E-state index contributed by atoms with van der Waals surface area (Å²) in [5.74, 6) is 0.612. The summed E-state index contributed by atoms with van der Waals surface area (Å²) in [6.45, 7) is 1.29. The zero-order chi connectivity index (χ0) is 18.4. The van der Waals surface area contributed by atoms with Crippen LogP contribution in [0.5, 0.6) is 11.5 Å². The van der Waals surface area contributed by atoms with Gasteiger partial charge in [-0.3, -0.25) is 9.48 Å². The Labute approximate surface area is 142 Å². The molecule has 0 saturated heterocycles. The number of nitrogens with zero attached hydrogens (tertiary/aromatic N) is 2. The molecule has 1 amide bonds. The molecule has 0 radical (unpaired) electrons. The maximum absolute atomic E-state index is 12.3. The van der Waals surface area contributed by atoms with Gasteiger partial charge in [0.25, 0.3) is 5.91 Å². The van der Waals surface area contributed by atoms with Crippen LogP contribution in [0.2, 0.25) is 0 Å². The number of amides is 1. The summed E-state index contributed by atoms with van der Waals surface area (Å²) in [4.78, 5) is 12.0. The Morgan fingerprint density at radius 3 is 2.72 bits per heavy atom. The molecule has 0 spiro atoms. The van der Waals surface area contributed by atoms with Gasteiger partial charge < -0.3 is 14.8 Å². The summed E-state index contributed by atoms with van der Waals surface area (Å²) in [5, 5.41) is 6.16. The van der Waals surface area contributed by atoms with Crippen LogP contribution in [0.3, 0.4) is 0 Å². The SMILES string of the molecule is CCOc1ccc(CNC(=O)c2cnn(CC(F)(F)F)c2)cc1OC. The van der Waals surface area contributed by atoms with Gasteiger partial charge in [-0.2, -0.15) is 18.3 Å². The first-order chi connectivity index (χ1) is 11.8. The zero-order valence-corrected chi connectivity index (χ0v) is 13.8. The summed E-state index contributed by atoms with van der Waals surface area (Å²) in [5.41, 5.74) is 0.818. The molecule has 1 aromatic carbocycles. The monoisotopic (exact) mass is 357 g/mol. The van der Waals surface area contributed by atoms with E-state index in [1.807, 2.05) is 6.92 Å². The van der Waals surface area contributed by atoms with Gasteiger partial charge in [0.2, 0.25) is 0 Å². The van der Waals surface area contributed by atoms with Gasteiger partial charge in [0.15, 0.2) is 11.5 Å². The molecule has 0 fully saturated rings. The number of aromatic nitrogens is 2. The van der Waals surface area contributed by atoms with Gasteiger partial charge in [0, 0.05) is 12.7 Å². The fourth-order valence-electron chi connectivity index (χ4n) is 2.13. The molecule has 1 aromatic heterocycles. The van der Waals surface area contributed by atoms with E-state index < -0.39 is 18.6 Å². The van der Waals surface area contributed by atoms with Gasteiger partial charge >= 0.3 is 6.18 Å². The molecular formula is C16H18F3N3O3. The van der Waals surface area contributed by atoms with Gasteiger partial charge in [-0.1, -0.05) is 6.07 Å². The van der Waals surface area contributed by atoms with Crippen molar-refractivity contribution in [2.24, 2.45) is 0 Å². The Bertz CT molecular complexity index is 729. The van der Waals surface area contributed by atoms with Crippen LogP contribution >= 0.6 is 0 Å². The van der Waals surface area contributed by atoms with Crippen LogP contribution in [0, 0.1) is 0 Å². The van der Waals surface area contributed by atoms with Crippen LogP contribution in [0.15, 0.2) is 30.6 Å². The number of rotatable bonds is 7. The zero-order valence-electron chi connectivity index (χ0n) is 13.8. The van der Waals surface area contributed by atoms with E-state index >= 15 is 0 Å². The molecule has 0 aliphatic heterocycles. The van der Waals surface area contributed by atoms with Crippen LogP contribution in [0.25, 0.3) is 0 Å². The molecule has 0 saturated carbocycles. The topological polar surface area (TPSA) is 65.4 Å². The van der Waals surface area contributed by atoms with Crippen molar-refractivity contribution in [3.05, 3.63) is 41.7 Å². The third-order valence-corrected chi connectivity index (χ3v) is 3.22. The quantitative estimate of drug-likeness (QED) is 0.828. The lowest BCUT2D eigenvalue weighted by atomic mass is 10.2. The van der Waals surface area contributed by atoms with E-state index in [0.717, 1.165) is 18.0 Å².